The van der Waals surface area contributed by atoms with E-state index >= 15 is 0 Å². The fourth-order valence-electron chi connectivity index (χ4n) is 2.25. The van der Waals surface area contributed by atoms with Crippen LogP contribution < -0.4 is 11.1 Å². The maximum Gasteiger partial charge on any atom is 0.267 e. The molecule has 4 nitrogen and oxygen atoms in total. The van der Waals surface area contributed by atoms with Crippen LogP contribution in [0.4, 0.5) is 5.69 Å². The zero-order valence-electron chi connectivity index (χ0n) is 10.4. The number of nitrogen functional groups attached to an aromatic ring is 1. The van der Waals surface area contributed by atoms with Crippen LogP contribution in [-0.4, -0.2) is 17.0 Å². The summed E-state index contributed by atoms with van der Waals surface area (Å²) in [5.74, 6) is 0.821. The molecule has 0 saturated heterocycles. The third-order valence-corrected chi connectivity index (χ3v) is 3.55. The molecule has 1 aromatic rings. The van der Waals surface area contributed by atoms with Gasteiger partial charge in [-0.05, 0) is 25.3 Å². The number of nitrogens with two attached hydrogens (primary N) is 1. The minimum absolute atomic E-state index is 0.0112. The Hall–Kier alpha value is -1.45. The highest BCUT2D eigenvalue weighted by Crippen LogP contribution is 2.28. The molecule has 94 valence electrons. The Morgan fingerprint density at radius 2 is 2.35 bits per heavy atom. The van der Waals surface area contributed by atoms with Crippen molar-refractivity contribution in [1.82, 2.24) is 9.88 Å². The van der Waals surface area contributed by atoms with Crippen LogP contribution in [0.25, 0.3) is 0 Å². The van der Waals surface area contributed by atoms with Crippen LogP contribution in [0.1, 0.15) is 43.1 Å². The first-order chi connectivity index (χ1) is 8.20. The molecular weight excluding hydrogens is 214 g/mol. The highest BCUT2D eigenvalue weighted by atomic mass is 16.1. The summed E-state index contributed by atoms with van der Waals surface area (Å²) in [6, 6.07) is 1.74. The van der Waals surface area contributed by atoms with Crippen molar-refractivity contribution in [1.29, 1.82) is 0 Å². The molecule has 0 spiro atoms. The van der Waals surface area contributed by atoms with E-state index in [9.17, 15) is 4.79 Å². The molecule has 0 radical (unpaired) electrons. The van der Waals surface area contributed by atoms with Crippen LogP contribution in [0.5, 0.6) is 0 Å². The van der Waals surface area contributed by atoms with Crippen LogP contribution in [0.3, 0.4) is 0 Å². The van der Waals surface area contributed by atoms with Gasteiger partial charge in [0, 0.05) is 19.3 Å². The van der Waals surface area contributed by atoms with E-state index in [-0.39, 0.29) is 5.91 Å². The van der Waals surface area contributed by atoms with Gasteiger partial charge in [-0.2, -0.15) is 0 Å². The molecule has 2 rings (SSSR count). The lowest BCUT2D eigenvalue weighted by atomic mass is 9.83. The third kappa shape index (κ3) is 2.81. The van der Waals surface area contributed by atoms with Crippen molar-refractivity contribution < 1.29 is 4.79 Å². The van der Waals surface area contributed by atoms with E-state index in [0.29, 0.717) is 11.4 Å². The highest BCUT2D eigenvalue weighted by molar-refractivity contribution is 5.93. The van der Waals surface area contributed by atoms with Gasteiger partial charge < -0.3 is 15.6 Å². The Kier molecular flexibility index (Phi) is 3.71. The molecule has 1 amide bonds. The lowest BCUT2D eigenvalue weighted by Gasteiger charge is -2.25. The standard InChI is InChI=1S/C13H21N3O/c1-2-16-9-11(14)8-12(16)13(17)15-7-6-10-4-3-5-10/h8-10H,2-7,14H2,1H3,(H,15,17). The minimum Gasteiger partial charge on any atom is -0.397 e. The predicted molar refractivity (Wildman–Crippen MR) is 68.8 cm³/mol. The summed E-state index contributed by atoms with van der Waals surface area (Å²) in [6.45, 7) is 3.55. The van der Waals surface area contributed by atoms with E-state index in [0.717, 1.165) is 25.4 Å². The lowest BCUT2D eigenvalue weighted by Crippen LogP contribution is -2.28. The van der Waals surface area contributed by atoms with Gasteiger partial charge in [-0.3, -0.25) is 4.79 Å². The van der Waals surface area contributed by atoms with E-state index in [1.54, 1.807) is 12.3 Å². The number of aromatic nitrogens is 1. The van der Waals surface area contributed by atoms with Gasteiger partial charge in [-0.25, -0.2) is 0 Å². The molecule has 1 aliphatic rings. The van der Waals surface area contributed by atoms with E-state index in [1.807, 2.05) is 11.5 Å². The number of hydrogen-bond donors (Lipinski definition) is 2. The summed E-state index contributed by atoms with van der Waals surface area (Å²) in [5.41, 5.74) is 7.01. The Morgan fingerprint density at radius 1 is 1.59 bits per heavy atom. The summed E-state index contributed by atoms with van der Waals surface area (Å²) in [5, 5.41) is 2.97. The quantitative estimate of drug-likeness (QED) is 0.820. The Balaban J connectivity index is 1.85. The zero-order chi connectivity index (χ0) is 12.3. The lowest BCUT2D eigenvalue weighted by molar-refractivity contribution is 0.0940. The zero-order valence-corrected chi connectivity index (χ0v) is 10.4. The van der Waals surface area contributed by atoms with Crippen molar-refractivity contribution in [3.8, 4) is 0 Å². The first-order valence-electron chi connectivity index (χ1n) is 6.44. The van der Waals surface area contributed by atoms with Crippen LogP contribution in [0.15, 0.2) is 12.3 Å². The van der Waals surface area contributed by atoms with E-state index in [2.05, 4.69) is 5.32 Å². The molecule has 17 heavy (non-hydrogen) atoms. The summed E-state index contributed by atoms with van der Waals surface area (Å²) in [6.07, 6.45) is 6.92. The number of nitrogens with one attached hydrogen (secondary N) is 1. The average Bonchev–Trinajstić information content (AvgIpc) is 2.63. The van der Waals surface area contributed by atoms with Crippen molar-refractivity contribution >= 4 is 11.6 Å². The molecule has 0 aromatic carbocycles. The van der Waals surface area contributed by atoms with Crippen molar-refractivity contribution in [2.24, 2.45) is 5.92 Å². The Labute approximate surface area is 102 Å². The second kappa shape index (κ2) is 5.25. The molecule has 0 unspecified atom stereocenters. The number of anilines is 1. The number of carbonyl (C=O) groups is 1. The SMILES string of the molecule is CCn1cc(N)cc1C(=O)NCCC1CCC1. The minimum atomic E-state index is -0.0112. The molecule has 1 heterocycles. The van der Waals surface area contributed by atoms with E-state index in [1.165, 1.54) is 19.3 Å². The molecule has 0 aliphatic heterocycles. The Bertz CT molecular complexity index is 393. The summed E-state index contributed by atoms with van der Waals surface area (Å²) in [7, 11) is 0. The van der Waals surface area contributed by atoms with Gasteiger partial charge in [-0.1, -0.05) is 19.3 Å². The second-order valence-corrected chi connectivity index (χ2v) is 4.79. The monoisotopic (exact) mass is 235 g/mol. The number of hydrogen-bond acceptors (Lipinski definition) is 2. The molecule has 1 aromatic heterocycles. The van der Waals surface area contributed by atoms with Crippen LogP contribution in [0.2, 0.25) is 0 Å². The number of nitrogens with zero attached hydrogens (tertiary/aromatic N) is 1. The predicted octanol–water partition coefficient (Wildman–Crippen LogP) is 2.01. The second-order valence-electron chi connectivity index (χ2n) is 4.79. The first kappa shape index (κ1) is 12.0. The van der Waals surface area contributed by atoms with Gasteiger partial charge in [-0.15, -0.1) is 0 Å². The average molecular weight is 235 g/mol. The molecule has 0 atom stereocenters. The van der Waals surface area contributed by atoms with Crippen LogP contribution in [-0.2, 0) is 6.54 Å². The van der Waals surface area contributed by atoms with Crippen molar-refractivity contribution in [2.45, 2.75) is 39.2 Å². The third-order valence-electron chi connectivity index (χ3n) is 3.55. The van der Waals surface area contributed by atoms with Gasteiger partial charge in [0.1, 0.15) is 5.69 Å². The maximum absolute atomic E-state index is 11.9. The van der Waals surface area contributed by atoms with E-state index < -0.39 is 0 Å². The molecular formula is C13H21N3O. The van der Waals surface area contributed by atoms with Crippen molar-refractivity contribution in [3.05, 3.63) is 18.0 Å². The molecule has 0 bridgehead atoms. The van der Waals surface area contributed by atoms with Crippen LogP contribution >= 0.6 is 0 Å². The first-order valence-corrected chi connectivity index (χ1v) is 6.44. The summed E-state index contributed by atoms with van der Waals surface area (Å²) < 4.78 is 1.88. The number of aryl methyl sites for hydroxylation is 1. The summed E-state index contributed by atoms with van der Waals surface area (Å²) >= 11 is 0. The van der Waals surface area contributed by atoms with Crippen molar-refractivity contribution in [2.75, 3.05) is 12.3 Å². The highest BCUT2D eigenvalue weighted by Gasteiger charge is 2.17. The van der Waals surface area contributed by atoms with E-state index in [4.69, 9.17) is 5.73 Å². The molecule has 3 N–H and O–H groups in total. The van der Waals surface area contributed by atoms with Crippen molar-refractivity contribution in [3.63, 3.8) is 0 Å². The van der Waals surface area contributed by atoms with Gasteiger partial charge in [0.05, 0.1) is 5.69 Å². The molecule has 1 fully saturated rings. The topological polar surface area (TPSA) is 60.0 Å². The maximum atomic E-state index is 11.9. The molecule has 1 aliphatic carbocycles. The largest absolute Gasteiger partial charge is 0.397 e. The smallest absolute Gasteiger partial charge is 0.267 e. The van der Waals surface area contributed by atoms with Gasteiger partial charge in [0.2, 0.25) is 0 Å². The van der Waals surface area contributed by atoms with Gasteiger partial charge >= 0.3 is 0 Å². The number of rotatable bonds is 5. The summed E-state index contributed by atoms with van der Waals surface area (Å²) in [4.78, 5) is 11.9. The normalized spacial score (nSPS) is 15.6. The van der Waals surface area contributed by atoms with Gasteiger partial charge in [0.25, 0.3) is 5.91 Å². The van der Waals surface area contributed by atoms with Gasteiger partial charge in [0.15, 0.2) is 0 Å². The molecule has 4 heteroatoms. The Morgan fingerprint density at radius 3 is 2.94 bits per heavy atom. The fraction of sp³-hybridized carbons (Fsp3) is 0.615. The fourth-order valence-corrected chi connectivity index (χ4v) is 2.25. The van der Waals surface area contributed by atoms with Crippen LogP contribution in [0, 0.1) is 5.92 Å². The number of amides is 1. The number of carbonyl (C=O) groups excluding carboxylic acids is 1. The molecule has 1 saturated carbocycles.